The molecular weight excluding hydrogens is 390 g/mol. The number of rotatable bonds is 6. The number of methoxy groups -OCH3 is 1. The molecule has 0 saturated carbocycles. The van der Waals surface area contributed by atoms with Gasteiger partial charge in [-0.25, -0.2) is 4.79 Å². The quantitative estimate of drug-likeness (QED) is 0.790. The molecule has 1 heterocycles. The van der Waals surface area contributed by atoms with E-state index in [1.54, 1.807) is 43.5 Å². The second-order valence-electron chi connectivity index (χ2n) is 5.86. The van der Waals surface area contributed by atoms with Crippen LogP contribution in [0.5, 0.6) is 11.5 Å². The normalized spacial score (nSPS) is 19.0. The van der Waals surface area contributed by atoms with E-state index >= 15 is 0 Å². The third-order valence-corrected chi connectivity index (χ3v) is 5.73. The van der Waals surface area contributed by atoms with Crippen molar-refractivity contribution < 1.29 is 24.2 Å². The second-order valence-corrected chi connectivity index (χ2v) is 7.41. The summed E-state index contributed by atoms with van der Waals surface area (Å²) in [5.74, 6) is 0.0908. The van der Waals surface area contributed by atoms with E-state index in [4.69, 9.17) is 21.1 Å². The first-order chi connectivity index (χ1) is 13.0. The topological polar surface area (TPSA) is 76.1 Å². The number of hydrogen-bond acceptors (Lipinski definition) is 5. The van der Waals surface area contributed by atoms with E-state index in [0.29, 0.717) is 22.3 Å². The lowest BCUT2D eigenvalue weighted by Gasteiger charge is -2.27. The Morgan fingerprint density at radius 3 is 2.37 bits per heavy atom. The largest absolute Gasteiger partial charge is 0.497 e. The molecule has 1 N–H and O–H groups in total. The molecule has 6 nitrogen and oxygen atoms in total. The molecule has 0 bridgehead atoms. The van der Waals surface area contributed by atoms with Crippen molar-refractivity contribution in [1.82, 2.24) is 4.90 Å². The fourth-order valence-corrected chi connectivity index (χ4v) is 4.35. The Hall–Kier alpha value is -2.38. The molecule has 2 aromatic rings. The minimum atomic E-state index is -1.03. The van der Waals surface area contributed by atoms with Gasteiger partial charge in [0.1, 0.15) is 22.9 Å². The van der Waals surface area contributed by atoms with Gasteiger partial charge < -0.3 is 19.5 Å². The third kappa shape index (κ3) is 4.48. The molecule has 0 aliphatic carbocycles. The zero-order chi connectivity index (χ0) is 19.4. The van der Waals surface area contributed by atoms with Crippen LogP contribution < -0.4 is 9.47 Å². The summed E-state index contributed by atoms with van der Waals surface area (Å²) in [4.78, 5) is 25.8. The molecule has 2 atom stereocenters. The fourth-order valence-electron chi connectivity index (χ4n) is 2.78. The van der Waals surface area contributed by atoms with Crippen LogP contribution in [0.4, 0.5) is 0 Å². The summed E-state index contributed by atoms with van der Waals surface area (Å²) >= 11 is 7.25. The Balaban J connectivity index is 1.76. The Morgan fingerprint density at radius 2 is 1.78 bits per heavy atom. The average molecular weight is 408 g/mol. The Bertz CT molecular complexity index is 812. The molecule has 8 heteroatoms. The van der Waals surface area contributed by atoms with Crippen molar-refractivity contribution >= 4 is 35.2 Å². The predicted molar refractivity (Wildman–Crippen MR) is 103 cm³/mol. The standard InChI is InChI=1S/C19H18ClNO5S/c1-25-14-6-2-12(3-7-14)18-21(16(11-27-18)19(23)24)17(22)10-26-15-8-4-13(20)5-9-15/h2-9,16,18H,10-11H2,1H3,(H,23,24). The van der Waals surface area contributed by atoms with Gasteiger partial charge >= 0.3 is 5.97 Å². The number of aliphatic carboxylic acids is 1. The summed E-state index contributed by atoms with van der Waals surface area (Å²) in [6.45, 7) is -0.251. The van der Waals surface area contributed by atoms with Crippen LogP contribution in [0.15, 0.2) is 48.5 Å². The van der Waals surface area contributed by atoms with Crippen LogP contribution in [0.25, 0.3) is 0 Å². The summed E-state index contributed by atoms with van der Waals surface area (Å²) in [6, 6.07) is 13.0. The van der Waals surface area contributed by atoms with Gasteiger partial charge in [0.05, 0.1) is 7.11 Å². The number of carbonyl (C=O) groups excluding carboxylic acids is 1. The molecule has 0 radical (unpaired) electrons. The average Bonchev–Trinajstić information content (AvgIpc) is 3.13. The number of hydrogen-bond donors (Lipinski definition) is 1. The van der Waals surface area contributed by atoms with E-state index in [0.717, 1.165) is 5.56 Å². The van der Waals surface area contributed by atoms with Crippen LogP contribution >= 0.6 is 23.4 Å². The number of amides is 1. The van der Waals surface area contributed by atoms with Gasteiger partial charge in [-0.15, -0.1) is 11.8 Å². The van der Waals surface area contributed by atoms with E-state index in [9.17, 15) is 14.7 Å². The van der Waals surface area contributed by atoms with Crippen molar-refractivity contribution in [2.75, 3.05) is 19.5 Å². The Kier molecular flexibility index (Phi) is 6.13. The smallest absolute Gasteiger partial charge is 0.327 e. The number of carboxylic acid groups (broad SMARTS) is 1. The summed E-state index contributed by atoms with van der Waals surface area (Å²) in [5, 5.41) is 9.69. The van der Waals surface area contributed by atoms with Crippen molar-refractivity contribution in [2.45, 2.75) is 11.4 Å². The van der Waals surface area contributed by atoms with Crippen LogP contribution in [0.1, 0.15) is 10.9 Å². The SMILES string of the molecule is COc1ccc(C2SCC(C(=O)O)N2C(=O)COc2ccc(Cl)cc2)cc1. The summed E-state index contributed by atoms with van der Waals surface area (Å²) in [6.07, 6.45) is 0. The van der Waals surface area contributed by atoms with Crippen molar-refractivity contribution in [2.24, 2.45) is 0 Å². The Morgan fingerprint density at radius 1 is 1.15 bits per heavy atom. The van der Waals surface area contributed by atoms with Crippen molar-refractivity contribution in [3.63, 3.8) is 0 Å². The van der Waals surface area contributed by atoms with Crippen molar-refractivity contribution in [3.8, 4) is 11.5 Å². The zero-order valence-corrected chi connectivity index (χ0v) is 16.1. The zero-order valence-electron chi connectivity index (χ0n) is 14.5. The van der Waals surface area contributed by atoms with Crippen LogP contribution in [0.3, 0.4) is 0 Å². The van der Waals surface area contributed by atoms with Crippen molar-refractivity contribution in [3.05, 3.63) is 59.1 Å². The molecule has 1 amide bonds. The highest BCUT2D eigenvalue weighted by Gasteiger charge is 2.42. The van der Waals surface area contributed by atoms with Crippen LogP contribution in [0, 0.1) is 0 Å². The maximum Gasteiger partial charge on any atom is 0.327 e. The van der Waals surface area contributed by atoms with Gasteiger partial charge in [0.15, 0.2) is 6.61 Å². The number of nitrogens with zero attached hydrogens (tertiary/aromatic N) is 1. The van der Waals surface area contributed by atoms with E-state index in [1.807, 2.05) is 12.1 Å². The maximum atomic E-state index is 12.8. The molecule has 0 aromatic heterocycles. The molecule has 27 heavy (non-hydrogen) atoms. The van der Waals surface area contributed by atoms with Gasteiger partial charge in [-0.2, -0.15) is 0 Å². The van der Waals surface area contributed by atoms with E-state index < -0.39 is 17.4 Å². The van der Waals surface area contributed by atoms with Gasteiger partial charge in [-0.3, -0.25) is 4.79 Å². The number of ether oxygens (including phenoxy) is 2. The van der Waals surface area contributed by atoms with Gasteiger partial charge in [-0.05, 0) is 42.0 Å². The van der Waals surface area contributed by atoms with E-state index in [2.05, 4.69) is 0 Å². The lowest BCUT2D eigenvalue weighted by molar-refractivity contribution is -0.150. The molecule has 0 spiro atoms. The highest BCUT2D eigenvalue weighted by atomic mass is 35.5. The molecule has 3 rings (SSSR count). The summed E-state index contributed by atoms with van der Waals surface area (Å²) < 4.78 is 10.7. The minimum Gasteiger partial charge on any atom is -0.497 e. The number of halogens is 1. The Labute approximate surface area is 166 Å². The van der Waals surface area contributed by atoms with Crippen molar-refractivity contribution in [1.29, 1.82) is 0 Å². The molecular formula is C19H18ClNO5S. The first-order valence-corrected chi connectivity index (χ1v) is 9.60. The first-order valence-electron chi connectivity index (χ1n) is 8.17. The lowest BCUT2D eigenvalue weighted by Crippen LogP contribution is -2.45. The molecule has 2 aromatic carbocycles. The van der Waals surface area contributed by atoms with Crippen LogP contribution in [0.2, 0.25) is 5.02 Å². The monoisotopic (exact) mass is 407 g/mol. The highest BCUT2D eigenvalue weighted by Crippen LogP contribution is 2.41. The number of carbonyl (C=O) groups is 2. The maximum absolute atomic E-state index is 12.8. The molecule has 1 fully saturated rings. The second kappa shape index (κ2) is 8.54. The molecule has 1 saturated heterocycles. The number of carboxylic acids is 1. The molecule has 1 aliphatic heterocycles. The first kappa shape index (κ1) is 19.4. The third-order valence-electron chi connectivity index (χ3n) is 4.15. The van der Waals surface area contributed by atoms with Crippen LogP contribution in [-0.4, -0.2) is 47.4 Å². The van der Waals surface area contributed by atoms with Crippen LogP contribution in [-0.2, 0) is 9.59 Å². The number of benzene rings is 2. The van der Waals surface area contributed by atoms with Gasteiger partial charge in [0.2, 0.25) is 0 Å². The predicted octanol–water partition coefficient (Wildman–Crippen LogP) is 3.45. The van der Waals surface area contributed by atoms with Gasteiger partial charge in [0.25, 0.3) is 5.91 Å². The molecule has 2 unspecified atom stereocenters. The van der Waals surface area contributed by atoms with E-state index in [1.165, 1.54) is 16.7 Å². The minimum absolute atomic E-state index is 0.251. The fraction of sp³-hybridized carbons (Fsp3) is 0.263. The highest BCUT2D eigenvalue weighted by molar-refractivity contribution is 7.99. The molecule has 142 valence electrons. The molecule has 1 aliphatic rings. The van der Waals surface area contributed by atoms with Gasteiger partial charge in [0, 0.05) is 10.8 Å². The van der Waals surface area contributed by atoms with Gasteiger partial charge in [-0.1, -0.05) is 23.7 Å². The van der Waals surface area contributed by atoms with E-state index in [-0.39, 0.29) is 12.5 Å². The summed E-state index contributed by atoms with van der Waals surface area (Å²) in [7, 11) is 1.57. The lowest BCUT2D eigenvalue weighted by atomic mass is 10.1. The summed E-state index contributed by atoms with van der Waals surface area (Å²) in [5.41, 5.74) is 0.837. The number of thioether (sulfide) groups is 1.